The van der Waals surface area contributed by atoms with Gasteiger partial charge in [0.25, 0.3) is 0 Å². The first kappa shape index (κ1) is 16.1. The Morgan fingerprint density at radius 2 is 2.00 bits per heavy atom. The zero-order valence-corrected chi connectivity index (χ0v) is 12.7. The number of aliphatic hydroxyl groups is 1. The van der Waals surface area contributed by atoms with Crippen molar-refractivity contribution >= 4 is 12.0 Å². The van der Waals surface area contributed by atoms with E-state index in [1.54, 1.807) is 16.8 Å². The van der Waals surface area contributed by atoms with Crippen LogP contribution in [0.3, 0.4) is 0 Å². The Labute approximate surface area is 125 Å². The summed E-state index contributed by atoms with van der Waals surface area (Å²) in [5.41, 5.74) is 0. The highest BCUT2D eigenvalue weighted by atomic mass is 16.4. The second kappa shape index (κ2) is 7.11. The Balaban J connectivity index is 1.92. The number of likely N-dealkylation sites (tertiary alicyclic amines) is 1. The number of urea groups is 1. The SMILES string of the molecule is CN(CCCCCO)C(=O)N1CC2CCCC2C1C(=O)O. The van der Waals surface area contributed by atoms with Crippen molar-refractivity contribution in [3.63, 3.8) is 0 Å². The van der Waals surface area contributed by atoms with Crippen LogP contribution in [0.5, 0.6) is 0 Å². The molecule has 2 fully saturated rings. The molecule has 120 valence electrons. The molecule has 1 heterocycles. The zero-order chi connectivity index (χ0) is 15.4. The van der Waals surface area contributed by atoms with Crippen LogP contribution in [0, 0.1) is 11.8 Å². The largest absolute Gasteiger partial charge is 0.480 e. The molecule has 0 aromatic carbocycles. The third kappa shape index (κ3) is 3.48. The highest BCUT2D eigenvalue weighted by molar-refractivity contribution is 5.83. The number of hydrogen-bond acceptors (Lipinski definition) is 3. The van der Waals surface area contributed by atoms with E-state index in [2.05, 4.69) is 0 Å². The highest BCUT2D eigenvalue weighted by Crippen LogP contribution is 2.42. The summed E-state index contributed by atoms with van der Waals surface area (Å²) in [5.74, 6) is -0.376. The van der Waals surface area contributed by atoms with E-state index in [0.717, 1.165) is 38.5 Å². The molecule has 3 atom stereocenters. The Bertz CT molecular complexity index is 388. The molecule has 1 aliphatic heterocycles. The minimum absolute atomic E-state index is 0.134. The van der Waals surface area contributed by atoms with Crippen molar-refractivity contribution in [1.82, 2.24) is 9.80 Å². The summed E-state index contributed by atoms with van der Waals surface area (Å²) in [5, 5.41) is 18.2. The minimum atomic E-state index is -0.869. The molecular formula is C15H26N2O4. The maximum Gasteiger partial charge on any atom is 0.326 e. The van der Waals surface area contributed by atoms with E-state index in [4.69, 9.17) is 5.11 Å². The summed E-state index contributed by atoms with van der Waals surface area (Å²) >= 11 is 0. The summed E-state index contributed by atoms with van der Waals surface area (Å²) in [6.07, 6.45) is 5.50. The normalized spacial score (nSPS) is 27.7. The van der Waals surface area contributed by atoms with Gasteiger partial charge in [-0.05, 0) is 43.9 Å². The van der Waals surface area contributed by atoms with Crippen LogP contribution in [0.4, 0.5) is 4.79 Å². The Morgan fingerprint density at radius 1 is 1.24 bits per heavy atom. The molecule has 0 aromatic rings. The average molecular weight is 298 g/mol. The number of fused-ring (bicyclic) bond motifs is 1. The topological polar surface area (TPSA) is 81.1 Å². The number of carbonyl (C=O) groups is 2. The number of carboxylic acid groups (broad SMARTS) is 1. The first-order chi connectivity index (χ1) is 10.1. The summed E-state index contributed by atoms with van der Waals surface area (Å²) in [6, 6.07) is -0.814. The first-order valence-electron chi connectivity index (χ1n) is 7.91. The zero-order valence-electron chi connectivity index (χ0n) is 12.7. The summed E-state index contributed by atoms with van der Waals surface area (Å²) in [7, 11) is 1.73. The summed E-state index contributed by atoms with van der Waals surface area (Å²) < 4.78 is 0. The van der Waals surface area contributed by atoms with E-state index in [0.29, 0.717) is 19.0 Å². The molecule has 0 spiro atoms. The van der Waals surface area contributed by atoms with E-state index in [-0.39, 0.29) is 18.6 Å². The number of carboxylic acids is 1. The van der Waals surface area contributed by atoms with Gasteiger partial charge in [-0.3, -0.25) is 0 Å². The van der Waals surface area contributed by atoms with Crippen LogP contribution in [0.2, 0.25) is 0 Å². The van der Waals surface area contributed by atoms with Gasteiger partial charge < -0.3 is 20.0 Å². The van der Waals surface area contributed by atoms with Crippen molar-refractivity contribution in [2.75, 3.05) is 26.7 Å². The quantitative estimate of drug-likeness (QED) is 0.726. The fraction of sp³-hybridized carbons (Fsp3) is 0.867. The maximum atomic E-state index is 12.5. The second-order valence-corrected chi connectivity index (χ2v) is 6.28. The van der Waals surface area contributed by atoms with Crippen LogP contribution in [-0.2, 0) is 4.79 Å². The van der Waals surface area contributed by atoms with Crippen LogP contribution in [0.1, 0.15) is 38.5 Å². The van der Waals surface area contributed by atoms with Crippen LogP contribution < -0.4 is 0 Å². The van der Waals surface area contributed by atoms with Crippen LogP contribution in [0.15, 0.2) is 0 Å². The number of carbonyl (C=O) groups excluding carboxylic acids is 1. The van der Waals surface area contributed by atoms with E-state index in [9.17, 15) is 14.7 Å². The van der Waals surface area contributed by atoms with Gasteiger partial charge in [-0.15, -0.1) is 0 Å². The van der Waals surface area contributed by atoms with Crippen LogP contribution in [-0.4, -0.2) is 64.8 Å². The molecule has 1 saturated carbocycles. The fourth-order valence-corrected chi connectivity index (χ4v) is 3.77. The molecule has 3 unspecified atom stereocenters. The van der Waals surface area contributed by atoms with Gasteiger partial charge in [0.15, 0.2) is 0 Å². The van der Waals surface area contributed by atoms with Crippen molar-refractivity contribution in [1.29, 1.82) is 0 Å². The number of nitrogens with zero attached hydrogens (tertiary/aromatic N) is 2. The fourth-order valence-electron chi connectivity index (χ4n) is 3.77. The Morgan fingerprint density at radius 3 is 2.67 bits per heavy atom. The average Bonchev–Trinajstić information content (AvgIpc) is 3.02. The molecule has 2 N–H and O–H groups in total. The van der Waals surface area contributed by atoms with E-state index >= 15 is 0 Å². The second-order valence-electron chi connectivity index (χ2n) is 6.28. The lowest BCUT2D eigenvalue weighted by Crippen LogP contribution is -2.48. The van der Waals surface area contributed by atoms with Crippen LogP contribution in [0.25, 0.3) is 0 Å². The van der Waals surface area contributed by atoms with Gasteiger partial charge in [0.2, 0.25) is 0 Å². The Hall–Kier alpha value is -1.30. The van der Waals surface area contributed by atoms with Gasteiger partial charge in [0.05, 0.1) is 0 Å². The van der Waals surface area contributed by atoms with Crippen LogP contribution >= 0.6 is 0 Å². The predicted molar refractivity (Wildman–Crippen MR) is 77.9 cm³/mol. The molecule has 0 bridgehead atoms. The lowest BCUT2D eigenvalue weighted by Gasteiger charge is -2.29. The monoisotopic (exact) mass is 298 g/mol. The van der Waals surface area contributed by atoms with Crippen molar-refractivity contribution in [2.45, 2.75) is 44.6 Å². The molecule has 6 nitrogen and oxygen atoms in total. The molecule has 21 heavy (non-hydrogen) atoms. The summed E-state index contributed by atoms with van der Waals surface area (Å²) in [6.45, 7) is 1.37. The maximum absolute atomic E-state index is 12.5. The molecule has 2 aliphatic rings. The number of rotatable bonds is 6. The van der Waals surface area contributed by atoms with Gasteiger partial charge in [0, 0.05) is 26.7 Å². The van der Waals surface area contributed by atoms with E-state index in [1.807, 2.05) is 0 Å². The lowest BCUT2D eigenvalue weighted by molar-refractivity contribution is -0.142. The van der Waals surface area contributed by atoms with Gasteiger partial charge >= 0.3 is 12.0 Å². The number of amides is 2. The minimum Gasteiger partial charge on any atom is -0.480 e. The highest BCUT2D eigenvalue weighted by Gasteiger charge is 2.50. The smallest absolute Gasteiger partial charge is 0.326 e. The lowest BCUT2D eigenvalue weighted by atomic mass is 9.94. The van der Waals surface area contributed by atoms with Crippen molar-refractivity contribution < 1.29 is 19.8 Å². The van der Waals surface area contributed by atoms with Gasteiger partial charge in [-0.25, -0.2) is 9.59 Å². The van der Waals surface area contributed by atoms with Crippen molar-refractivity contribution in [2.24, 2.45) is 11.8 Å². The predicted octanol–water partition coefficient (Wildman–Crippen LogP) is 1.39. The molecule has 2 rings (SSSR count). The standard InChI is InChI=1S/C15H26N2O4/c1-16(8-3-2-4-9-18)15(21)17-10-11-6-5-7-12(11)13(17)14(19)20/h11-13,18H,2-10H2,1H3,(H,19,20). The van der Waals surface area contributed by atoms with Gasteiger partial charge in [-0.2, -0.15) is 0 Å². The van der Waals surface area contributed by atoms with Crippen molar-refractivity contribution in [3.05, 3.63) is 0 Å². The number of hydrogen-bond donors (Lipinski definition) is 2. The first-order valence-corrected chi connectivity index (χ1v) is 7.91. The van der Waals surface area contributed by atoms with E-state index in [1.165, 1.54) is 0 Å². The molecule has 6 heteroatoms. The third-order valence-electron chi connectivity index (χ3n) is 4.87. The molecular weight excluding hydrogens is 272 g/mol. The van der Waals surface area contributed by atoms with E-state index < -0.39 is 12.0 Å². The van der Waals surface area contributed by atoms with Gasteiger partial charge in [0.1, 0.15) is 6.04 Å². The molecule has 2 amide bonds. The molecule has 0 radical (unpaired) electrons. The van der Waals surface area contributed by atoms with Crippen molar-refractivity contribution in [3.8, 4) is 0 Å². The number of aliphatic carboxylic acids is 1. The molecule has 0 aromatic heterocycles. The molecule has 1 saturated heterocycles. The third-order valence-corrected chi connectivity index (χ3v) is 4.87. The Kier molecular flexibility index (Phi) is 5.45. The number of aliphatic hydroxyl groups excluding tert-OH is 1. The summed E-state index contributed by atoms with van der Waals surface area (Å²) in [4.78, 5) is 27.2. The van der Waals surface area contributed by atoms with Gasteiger partial charge in [-0.1, -0.05) is 6.42 Å². The molecule has 1 aliphatic carbocycles. The number of unbranched alkanes of at least 4 members (excludes halogenated alkanes) is 2.